The van der Waals surface area contributed by atoms with Gasteiger partial charge in [0.2, 0.25) is 0 Å². The highest BCUT2D eigenvalue weighted by Crippen LogP contribution is 2.40. The van der Waals surface area contributed by atoms with Crippen LogP contribution in [0.3, 0.4) is 0 Å². The van der Waals surface area contributed by atoms with Crippen LogP contribution in [0, 0.1) is 0 Å². The minimum atomic E-state index is -0.566. The molecule has 4 atom stereocenters. The van der Waals surface area contributed by atoms with Crippen LogP contribution < -0.4 is 24.0 Å². The number of halogens is 1. The van der Waals surface area contributed by atoms with Gasteiger partial charge in [-0.25, -0.2) is 0 Å². The minimum absolute atomic E-state index is 0. The third kappa shape index (κ3) is 3.72. The summed E-state index contributed by atoms with van der Waals surface area (Å²) in [5.41, 5.74) is 0.824. The summed E-state index contributed by atoms with van der Waals surface area (Å²) >= 11 is 0. The van der Waals surface area contributed by atoms with E-state index < -0.39 is 5.92 Å². The van der Waals surface area contributed by atoms with Gasteiger partial charge in [-0.3, -0.25) is 4.79 Å². The molecule has 2 aliphatic heterocycles. The lowest BCUT2D eigenvalue weighted by Gasteiger charge is -2.44. The van der Waals surface area contributed by atoms with Gasteiger partial charge in [-0.15, -0.1) is 0 Å². The Morgan fingerprint density at radius 1 is 1.22 bits per heavy atom. The number of aliphatic hydroxyl groups excluding tert-OH is 1. The Morgan fingerprint density at radius 2 is 1.78 bits per heavy atom. The molecule has 23 heavy (non-hydrogen) atoms. The first-order valence-electron chi connectivity index (χ1n) is 8.22. The first kappa shape index (κ1) is 18.7. The van der Waals surface area contributed by atoms with Gasteiger partial charge in [0, 0.05) is 25.7 Å². The molecular formula is C18H26INO3. The number of benzene rings is 1. The highest BCUT2D eigenvalue weighted by Gasteiger charge is 2.50. The van der Waals surface area contributed by atoms with Crippen molar-refractivity contribution in [2.24, 2.45) is 0 Å². The van der Waals surface area contributed by atoms with E-state index in [9.17, 15) is 9.90 Å². The average molecular weight is 431 g/mol. The molecule has 1 aromatic carbocycles. The number of quaternary nitrogens is 1. The molecule has 0 radical (unpaired) electrons. The summed E-state index contributed by atoms with van der Waals surface area (Å²) in [5.74, 6) is -0.853. The summed E-state index contributed by atoms with van der Waals surface area (Å²) in [5, 5.41) is 9.57. The second-order valence-electron chi connectivity index (χ2n) is 7.19. The van der Waals surface area contributed by atoms with Crippen molar-refractivity contribution < 1.29 is 43.1 Å². The number of hydrogen-bond acceptors (Lipinski definition) is 3. The quantitative estimate of drug-likeness (QED) is 0.381. The molecular weight excluding hydrogens is 405 g/mol. The highest BCUT2D eigenvalue weighted by atomic mass is 127. The van der Waals surface area contributed by atoms with E-state index >= 15 is 0 Å². The van der Waals surface area contributed by atoms with Crippen molar-refractivity contribution in [1.29, 1.82) is 0 Å². The van der Waals surface area contributed by atoms with Crippen LogP contribution in [0.5, 0.6) is 0 Å². The van der Waals surface area contributed by atoms with Crippen LogP contribution in [-0.4, -0.2) is 54.4 Å². The van der Waals surface area contributed by atoms with Gasteiger partial charge in [0.25, 0.3) is 0 Å². The predicted molar refractivity (Wildman–Crippen MR) is 84.3 cm³/mol. The molecule has 0 aliphatic carbocycles. The van der Waals surface area contributed by atoms with E-state index in [0.717, 1.165) is 22.9 Å². The summed E-state index contributed by atoms with van der Waals surface area (Å²) in [4.78, 5) is 12.5. The number of piperidine rings is 1. The maximum atomic E-state index is 12.5. The number of nitrogens with zero attached hydrogens (tertiary/aromatic N) is 1. The fourth-order valence-electron chi connectivity index (χ4n) is 4.17. The zero-order chi connectivity index (χ0) is 15.7. The maximum Gasteiger partial charge on any atom is 0.316 e. The van der Waals surface area contributed by atoms with Crippen LogP contribution in [0.15, 0.2) is 30.3 Å². The summed E-state index contributed by atoms with van der Waals surface area (Å²) in [6.45, 7) is -0.204. The zero-order valence-electron chi connectivity index (χ0n) is 13.8. The van der Waals surface area contributed by atoms with Gasteiger partial charge in [0.1, 0.15) is 12.0 Å². The SMILES string of the molecule is C[N+]1(C)[C@@H]2CC[C@H]1CC(OC(=O)C(CO)c1ccccc1)C2.[I-]. The first-order valence-corrected chi connectivity index (χ1v) is 8.22. The number of carbonyl (C=O) groups excluding carboxylic acids is 1. The molecule has 1 N–H and O–H groups in total. The molecule has 2 saturated heterocycles. The van der Waals surface area contributed by atoms with Crippen molar-refractivity contribution in [2.45, 2.75) is 49.8 Å². The third-order valence-corrected chi connectivity index (χ3v) is 5.74. The van der Waals surface area contributed by atoms with Crippen molar-refractivity contribution in [3.05, 3.63) is 35.9 Å². The van der Waals surface area contributed by atoms with Gasteiger partial charge in [-0.2, -0.15) is 0 Å². The average Bonchev–Trinajstić information content (AvgIpc) is 2.68. The molecule has 2 unspecified atom stereocenters. The maximum absolute atomic E-state index is 12.5. The Hall–Kier alpha value is -0.660. The molecule has 1 aromatic rings. The number of fused-ring (bicyclic) bond motifs is 2. The van der Waals surface area contributed by atoms with Gasteiger partial charge in [-0.05, 0) is 5.56 Å². The van der Waals surface area contributed by atoms with Crippen molar-refractivity contribution in [3.63, 3.8) is 0 Å². The van der Waals surface area contributed by atoms with Gasteiger partial charge < -0.3 is 38.3 Å². The lowest BCUT2D eigenvalue weighted by Crippen LogP contribution is -3.00. The van der Waals surface area contributed by atoms with E-state index in [2.05, 4.69) is 14.1 Å². The zero-order valence-corrected chi connectivity index (χ0v) is 16.0. The molecule has 5 heteroatoms. The summed E-state index contributed by atoms with van der Waals surface area (Å²) < 4.78 is 6.83. The van der Waals surface area contributed by atoms with Crippen molar-refractivity contribution >= 4 is 5.97 Å². The lowest BCUT2D eigenvalue weighted by molar-refractivity contribution is -0.931. The van der Waals surface area contributed by atoms with E-state index in [0.29, 0.717) is 12.1 Å². The molecule has 2 bridgehead atoms. The molecule has 4 nitrogen and oxygen atoms in total. The number of rotatable bonds is 4. The van der Waals surface area contributed by atoms with Gasteiger partial charge >= 0.3 is 5.97 Å². The first-order chi connectivity index (χ1) is 10.5. The van der Waals surface area contributed by atoms with Crippen LogP contribution >= 0.6 is 0 Å². The molecule has 3 rings (SSSR count). The number of ether oxygens (including phenoxy) is 1. The molecule has 0 saturated carbocycles. The largest absolute Gasteiger partial charge is 1.00 e. The molecule has 0 amide bonds. The highest BCUT2D eigenvalue weighted by molar-refractivity contribution is 5.78. The fraction of sp³-hybridized carbons (Fsp3) is 0.611. The molecule has 0 aromatic heterocycles. The van der Waals surface area contributed by atoms with E-state index in [1.165, 1.54) is 12.8 Å². The van der Waals surface area contributed by atoms with Crippen LogP contribution in [0.25, 0.3) is 0 Å². The summed E-state index contributed by atoms with van der Waals surface area (Å²) in [7, 11) is 4.59. The number of hydrogen-bond donors (Lipinski definition) is 1. The second kappa shape index (κ2) is 7.49. The van der Waals surface area contributed by atoms with E-state index in [4.69, 9.17) is 4.74 Å². The van der Waals surface area contributed by atoms with Crippen LogP contribution in [-0.2, 0) is 9.53 Å². The number of esters is 1. The summed E-state index contributed by atoms with van der Waals surface area (Å²) in [6, 6.07) is 10.6. The third-order valence-electron chi connectivity index (χ3n) is 5.74. The van der Waals surface area contributed by atoms with E-state index in [-0.39, 0.29) is 42.7 Å². The standard InChI is InChI=1S/C18H26NO3.HI/c1-19(2)14-8-9-15(19)11-16(10-14)22-18(21)17(12-20)13-6-4-3-5-7-13;/h3-7,14-17,20H,8-12H2,1-2H3;1H/q+1;/p-1/t14-,15+,16?,17?;. The Kier molecular flexibility index (Phi) is 6.08. The van der Waals surface area contributed by atoms with E-state index in [1.54, 1.807) is 0 Å². The topological polar surface area (TPSA) is 46.5 Å². The van der Waals surface area contributed by atoms with Crippen LogP contribution in [0.4, 0.5) is 0 Å². The smallest absolute Gasteiger partial charge is 0.316 e. The van der Waals surface area contributed by atoms with Crippen molar-refractivity contribution in [2.75, 3.05) is 20.7 Å². The summed E-state index contributed by atoms with van der Waals surface area (Å²) in [6.07, 6.45) is 4.36. The second-order valence-corrected chi connectivity index (χ2v) is 7.19. The fourth-order valence-corrected chi connectivity index (χ4v) is 4.17. The Labute approximate surface area is 155 Å². The molecule has 0 spiro atoms. The lowest BCUT2D eigenvalue weighted by atomic mass is 9.96. The Bertz CT molecular complexity index is 518. The molecule has 2 fully saturated rings. The number of aliphatic hydroxyl groups is 1. The van der Waals surface area contributed by atoms with E-state index in [1.807, 2.05) is 30.3 Å². The monoisotopic (exact) mass is 431 g/mol. The van der Waals surface area contributed by atoms with Gasteiger partial charge in [0.15, 0.2) is 0 Å². The van der Waals surface area contributed by atoms with Crippen LogP contribution in [0.2, 0.25) is 0 Å². The van der Waals surface area contributed by atoms with Gasteiger partial charge in [-0.1, -0.05) is 30.3 Å². The normalized spacial score (nSPS) is 29.4. The van der Waals surface area contributed by atoms with Gasteiger partial charge in [0.05, 0.1) is 32.8 Å². The molecule has 2 heterocycles. The van der Waals surface area contributed by atoms with Crippen molar-refractivity contribution in [1.82, 2.24) is 0 Å². The predicted octanol–water partition coefficient (Wildman–Crippen LogP) is -0.920. The number of carbonyl (C=O) groups is 1. The molecule has 128 valence electrons. The Balaban J connectivity index is 0.00000192. The molecule has 2 aliphatic rings. The van der Waals surface area contributed by atoms with Crippen LogP contribution in [0.1, 0.15) is 37.2 Å². The van der Waals surface area contributed by atoms with Crippen molar-refractivity contribution in [3.8, 4) is 0 Å². The minimum Gasteiger partial charge on any atom is -1.00 e. The Morgan fingerprint density at radius 3 is 2.30 bits per heavy atom.